The van der Waals surface area contributed by atoms with Crippen LogP contribution >= 0.6 is 0 Å². The van der Waals surface area contributed by atoms with Crippen molar-refractivity contribution in [1.82, 2.24) is 4.90 Å². The number of nitrogens with zero attached hydrogens (tertiary/aromatic N) is 1. The first-order valence-electron chi connectivity index (χ1n) is 7.26. The summed E-state index contributed by atoms with van der Waals surface area (Å²) in [7, 11) is 0. The molecule has 2 rings (SSSR count). The summed E-state index contributed by atoms with van der Waals surface area (Å²) in [6, 6.07) is 8.39. The van der Waals surface area contributed by atoms with E-state index in [-0.39, 0.29) is 18.2 Å². The SMILES string of the molecule is CCOc1ccc(C(C)N2CC(C)(OCC(=O)O)C2)cc1. The highest BCUT2D eigenvalue weighted by Gasteiger charge is 2.42. The van der Waals surface area contributed by atoms with Gasteiger partial charge in [0.15, 0.2) is 0 Å². The average Bonchev–Trinajstić information content (AvgIpc) is 2.42. The van der Waals surface area contributed by atoms with Gasteiger partial charge >= 0.3 is 5.97 Å². The third-order valence-corrected chi connectivity index (χ3v) is 3.84. The highest BCUT2D eigenvalue weighted by Crippen LogP contribution is 2.33. The normalized spacial score (nSPS) is 18.8. The summed E-state index contributed by atoms with van der Waals surface area (Å²) in [4.78, 5) is 12.8. The van der Waals surface area contributed by atoms with Gasteiger partial charge in [-0.1, -0.05) is 12.1 Å². The number of carbonyl (C=O) groups is 1. The number of carboxylic acids is 1. The zero-order valence-electron chi connectivity index (χ0n) is 12.8. The van der Waals surface area contributed by atoms with E-state index in [1.807, 2.05) is 26.0 Å². The molecular weight excluding hydrogens is 270 g/mol. The van der Waals surface area contributed by atoms with Gasteiger partial charge in [0, 0.05) is 19.1 Å². The fourth-order valence-corrected chi connectivity index (χ4v) is 2.63. The molecule has 1 N–H and O–H groups in total. The third-order valence-electron chi connectivity index (χ3n) is 3.84. The van der Waals surface area contributed by atoms with E-state index in [4.69, 9.17) is 14.6 Å². The van der Waals surface area contributed by atoms with Gasteiger partial charge in [0.05, 0.1) is 12.2 Å². The fraction of sp³-hybridized carbons (Fsp3) is 0.562. The van der Waals surface area contributed by atoms with Crippen LogP contribution in [0, 0.1) is 0 Å². The molecule has 1 saturated heterocycles. The molecule has 5 nitrogen and oxygen atoms in total. The Hall–Kier alpha value is -1.59. The van der Waals surface area contributed by atoms with Crippen LogP contribution in [0.25, 0.3) is 0 Å². The fourth-order valence-electron chi connectivity index (χ4n) is 2.63. The van der Waals surface area contributed by atoms with Crippen molar-refractivity contribution in [2.45, 2.75) is 32.4 Å². The molecule has 1 unspecified atom stereocenters. The van der Waals surface area contributed by atoms with Gasteiger partial charge in [-0.3, -0.25) is 4.90 Å². The first-order chi connectivity index (χ1) is 9.93. The lowest BCUT2D eigenvalue weighted by Gasteiger charge is -2.50. The van der Waals surface area contributed by atoms with Crippen LogP contribution < -0.4 is 4.74 Å². The first-order valence-corrected chi connectivity index (χ1v) is 7.26. The van der Waals surface area contributed by atoms with Gasteiger partial charge in [0.2, 0.25) is 0 Å². The zero-order valence-corrected chi connectivity index (χ0v) is 12.8. The predicted molar refractivity (Wildman–Crippen MR) is 79.6 cm³/mol. The van der Waals surface area contributed by atoms with Crippen molar-refractivity contribution < 1.29 is 19.4 Å². The minimum Gasteiger partial charge on any atom is -0.494 e. The lowest BCUT2D eigenvalue weighted by atomic mass is 9.92. The van der Waals surface area contributed by atoms with E-state index in [2.05, 4.69) is 24.0 Å². The summed E-state index contributed by atoms with van der Waals surface area (Å²) in [6.45, 7) is 7.99. The van der Waals surface area contributed by atoms with E-state index >= 15 is 0 Å². The maximum atomic E-state index is 10.6. The van der Waals surface area contributed by atoms with Crippen LogP contribution in [0.4, 0.5) is 0 Å². The molecule has 0 aromatic heterocycles. The van der Waals surface area contributed by atoms with E-state index in [0.29, 0.717) is 6.61 Å². The Bertz CT molecular complexity index is 480. The summed E-state index contributed by atoms with van der Waals surface area (Å²) >= 11 is 0. The molecule has 0 aliphatic carbocycles. The van der Waals surface area contributed by atoms with Crippen LogP contribution in [-0.2, 0) is 9.53 Å². The molecule has 1 aromatic rings. The van der Waals surface area contributed by atoms with Crippen molar-refractivity contribution in [1.29, 1.82) is 0 Å². The molecule has 1 fully saturated rings. The number of rotatable bonds is 7. The standard InChI is InChI=1S/C16H23NO4/c1-4-20-14-7-5-13(6-8-14)12(2)17-10-16(3,11-17)21-9-15(18)19/h5-8,12H,4,9-11H2,1-3H3,(H,18,19). The Morgan fingerprint density at radius 2 is 2.00 bits per heavy atom. The lowest BCUT2D eigenvalue weighted by molar-refractivity contribution is -0.169. The summed E-state index contributed by atoms with van der Waals surface area (Å²) in [5, 5.41) is 8.67. The molecule has 0 saturated carbocycles. The largest absolute Gasteiger partial charge is 0.494 e. The van der Waals surface area contributed by atoms with Crippen molar-refractivity contribution >= 4 is 5.97 Å². The van der Waals surface area contributed by atoms with E-state index in [0.717, 1.165) is 18.8 Å². The quantitative estimate of drug-likeness (QED) is 0.836. The van der Waals surface area contributed by atoms with Crippen molar-refractivity contribution in [3.63, 3.8) is 0 Å². The van der Waals surface area contributed by atoms with E-state index in [1.54, 1.807) is 0 Å². The van der Waals surface area contributed by atoms with Gasteiger partial charge < -0.3 is 14.6 Å². The molecule has 1 aliphatic rings. The van der Waals surface area contributed by atoms with Crippen molar-refractivity contribution in [2.75, 3.05) is 26.3 Å². The maximum Gasteiger partial charge on any atom is 0.329 e. The van der Waals surface area contributed by atoms with E-state index in [9.17, 15) is 4.79 Å². The van der Waals surface area contributed by atoms with Gasteiger partial charge in [0.25, 0.3) is 0 Å². The summed E-state index contributed by atoms with van der Waals surface area (Å²) < 4.78 is 10.9. The molecule has 1 aliphatic heterocycles. The maximum absolute atomic E-state index is 10.6. The van der Waals surface area contributed by atoms with Gasteiger partial charge in [-0.25, -0.2) is 4.79 Å². The second-order valence-electron chi connectivity index (χ2n) is 5.72. The van der Waals surface area contributed by atoms with Crippen molar-refractivity contribution in [2.24, 2.45) is 0 Å². The number of benzene rings is 1. The van der Waals surface area contributed by atoms with Crippen LogP contribution in [0.3, 0.4) is 0 Å². The smallest absolute Gasteiger partial charge is 0.329 e. The van der Waals surface area contributed by atoms with Gasteiger partial charge in [-0.2, -0.15) is 0 Å². The number of carboxylic acid groups (broad SMARTS) is 1. The molecule has 0 bridgehead atoms. The van der Waals surface area contributed by atoms with Gasteiger partial charge in [0.1, 0.15) is 12.4 Å². The Labute approximate surface area is 125 Å². The molecule has 5 heteroatoms. The summed E-state index contributed by atoms with van der Waals surface area (Å²) in [6.07, 6.45) is 0. The van der Waals surface area contributed by atoms with Crippen LogP contribution in [0.1, 0.15) is 32.4 Å². The molecule has 0 radical (unpaired) electrons. The molecule has 0 spiro atoms. The summed E-state index contributed by atoms with van der Waals surface area (Å²) in [5.41, 5.74) is 0.872. The molecule has 116 valence electrons. The molecular formula is C16H23NO4. The predicted octanol–water partition coefficient (Wildman–Crippen LogP) is 2.32. The molecule has 1 aromatic carbocycles. The Balaban J connectivity index is 1.87. The second-order valence-corrected chi connectivity index (χ2v) is 5.72. The van der Waals surface area contributed by atoms with Gasteiger partial charge in [-0.15, -0.1) is 0 Å². The van der Waals surface area contributed by atoms with Crippen LogP contribution in [0.5, 0.6) is 5.75 Å². The summed E-state index contributed by atoms with van der Waals surface area (Å²) in [5.74, 6) is -0.0408. The molecule has 1 atom stereocenters. The van der Waals surface area contributed by atoms with Crippen LogP contribution in [0.15, 0.2) is 24.3 Å². The minimum absolute atomic E-state index is 0.234. The average molecular weight is 293 g/mol. The number of ether oxygens (including phenoxy) is 2. The Morgan fingerprint density at radius 1 is 1.38 bits per heavy atom. The highest BCUT2D eigenvalue weighted by atomic mass is 16.5. The zero-order chi connectivity index (χ0) is 15.5. The first kappa shape index (κ1) is 15.8. The van der Waals surface area contributed by atoms with Crippen molar-refractivity contribution in [3.05, 3.63) is 29.8 Å². The molecule has 21 heavy (non-hydrogen) atoms. The highest BCUT2D eigenvalue weighted by molar-refractivity contribution is 5.68. The van der Waals surface area contributed by atoms with Gasteiger partial charge in [-0.05, 0) is 38.5 Å². The number of hydrogen-bond acceptors (Lipinski definition) is 4. The Kier molecular flexibility index (Phi) is 4.85. The van der Waals surface area contributed by atoms with Crippen LogP contribution in [0.2, 0.25) is 0 Å². The van der Waals surface area contributed by atoms with E-state index < -0.39 is 5.97 Å². The number of hydrogen-bond donors (Lipinski definition) is 1. The number of aliphatic carboxylic acids is 1. The Morgan fingerprint density at radius 3 is 2.52 bits per heavy atom. The van der Waals surface area contributed by atoms with Crippen LogP contribution in [-0.4, -0.2) is 47.9 Å². The second kappa shape index (κ2) is 6.45. The third kappa shape index (κ3) is 3.95. The topological polar surface area (TPSA) is 59.0 Å². The lowest BCUT2D eigenvalue weighted by Crippen LogP contribution is -2.62. The minimum atomic E-state index is -0.922. The molecule has 1 heterocycles. The molecule has 0 amide bonds. The number of likely N-dealkylation sites (tertiary alicyclic amines) is 1. The van der Waals surface area contributed by atoms with Crippen molar-refractivity contribution in [3.8, 4) is 5.75 Å². The van der Waals surface area contributed by atoms with E-state index in [1.165, 1.54) is 5.56 Å². The monoisotopic (exact) mass is 293 g/mol.